The van der Waals surface area contributed by atoms with E-state index in [-0.39, 0.29) is 18.1 Å². The minimum absolute atomic E-state index is 0.00278. The molecule has 0 bridgehead atoms. The second-order valence-corrected chi connectivity index (χ2v) is 5.95. The highest BCUT2D eigenvalue weighted by Crippen LogP contribution is 2.21. The van der Waals surface area contributed by atoms with Crippen molar-refractivity contribution >= 4 is 5.91 Å². The number of amides is 1. The zero-order valence-electron chi connectivity index (χ0n) is 13.2. The Labute approximate surface area is 132 Å². The van der Waals surface area contributed by atoms with E-state index < -0.39 is 0 Å². The van der Waals surface area contributed by atoms with Crippen LogP contribution in [0.1, 0.15) is 24.1 Å². The van der Waals surface area contributed by atoms with Gasteiger partial charge in [0, 0.05) is 25.7 Å². The summed E-state index contributed by atoms with van der Waals surface area (Å²) in [6.07, 6.45) is 0.713. The first-order valence-electron chi connectivity index (χ1n) is 8.20. The zero-order chi connectivity index (χ0) is 15.4. The minimum atomic E-state index is -0.340. The number of rotatable bonds is 4. The van der Waals surface area contributed by atoms with Crippen molar-refractivity contribution in [2.24, 2.45) is 0 Å². The molecule has 1 fully saturated rings. The Morgan fingerprint density at radius 3 is 3.18 bits per heavy atom. The molecule has 2 atom stereocenters. The van der Waals surface area contributed by atoms with Gasteiger partial charge in [0.2, 0.25) is 0 Å². The summed E-state index contributed by atoms with van der Waals surface area (Å²) < 4.78 is 5.61. The lowest BCUT2D eigenvalue weighted by atomic mass is 9.94. The van der Waals surface area contributed by atoms with Crippen molar-refractivity contribution in [2.45, 2.75) is 25.5 Å². The van der Waals surface area contributed by atoms with E-state index in [4.69, 9.17) is 4.74 Å². The summed E-state index contributed by atoms with van der Waals surface area (Å²) in [7, 11) is 0. The van der Waals surface area contributed by atoms with Gasteiger partial charge in [0.1, 0.15) is 6.10 Å². The number of carbonyl (C=O) groups is 1. The third-order valence-electron chi connectivity index (χ3n) is 4.59. The van der Waals surface area contributed by atoms with E-state index in [1.165, 1.54) is 11.1 Å². The molecule has 1 aromatic carbocycles. The Morgan fingerprint density at radius 1 is 1.45 bits per heavy atom. The SMILES string of the molecule is CCN1CCOC(C(=O)NCC2NCCc3ccccc32)C1. The summed E-state index contributed by atoms with van der Waals surface area (Å²) in [4.78, 5) is 14.6. The first-order chi connectivity index (χ1) is 10.8. The summed E-state index contributed by atoms with van der Waals surface area (Å²) in [5, 5.41) is 6.54. The number of carbonyl (C=O) groups excluding carboxylic acids is 1. The lowest BCUT2D eigenvalue weighted by Gasteiger charge is -2.32. The van der Waals surface area contributed by atoms with Crippen LogP contribution in [0.15, 0.2) is 24.3 Å². The number of ether oxygens (including phenoxy) is 1. The van der Waals surface area contributed by atoms with Crippen molar-refractivity contribution in [3.05, 3.63) is 35.4 Å². The molecule has 5 nitrogen and oxygen atoms in total. The largest absolute Gasteiger partial charge is 0.366 e. The van der Waals surface area contributed by atoms with Crippen molar-refractivity contribution in [3.63, 3.8) is 0 Å². The molecule has 0 saturated carbocycles. The highest BCUT2D eigenvalue weighted by atomic mass is 16.5. The van der Waals surface area contributed by atoms with Gasteiger partial charge in [-0.1, -0.05) is 31.2 Å². The van der Waals surface area contributed by atoms with Gasteiger partial charge < -0.3 is 15.4 Å². The number of hydrogen-bond acceptors (Lipinski definition) is 4. The summed E-state index contributed by atoms with van der Waals surface area (Å²) >= 11 is 0. The molecule has 1 amide bonds. The Kier molecular flexibility index (Phi) is 5.08. The molecule has 2 heterocycles. The van der Waals surface area contributed by atoms with Crippen molar-refractivity contribution in [3.8, 4) is 0 Å². The number of hydrogen-bond donors (Lipinski definition) is 2. The van der Waals surface area contributed by atoms with Crippen LogP contribution in [0.2, 0.25) is 0 Å². The molecule has 2 aliphatic heterocycles. The highest BCUT2D eigenvalue weighted by Gasteiger charge is 2.27. The molecular weight excluding hydrogens is 278 g/mol. The maximum Gasteiger partial charge on any atom is 0.250 e. The van der Waals surface area contributed by atoms with Crippen molar-refractivity contribution in [1.82, 2.24) is 15.5 Å². The van der Waals surface area contributed by atoms with Gasteiger partial charge in [-0.3, -0.25) is 9.69 Å². The van der Waals surface area contributed by atoms with Crippen LogP contribution < -0.4 is 10.6 Å². The molecule has 22 heavy (non-hydrogen) atoms. The maximum atomic E-state index is 12.3. The van der Waals surface area contributed by atoms with Crippen LogP contribution in [-0.4, -0.2) is 56.2 Å². The summed E-state index contributed by atoms with van der Waals surface area (Å²) in [6, 6.07) is 8.65. The van der Waals surface area contributed by atoms with Crippen LogP contribution in [0.4, 0.5) is 0 Å². The van der Waals surface area contributed by atoms with Gasteiger partial charge in [-0.25, -0.2) is 0 Å². The first kappa shape index (κ1) is 15.5. The molecule has 1 aromatic rings. The van der Waals surface area contributed by atoms with E-state index in [0.29, 0.717) is 19.7 Å². The predicted molar refractivity (Wildman–Crippen MR) is 85.8 cm³/mol. The number of nitrogens with one attached hydrogen (secondary N) is 2. The average Bonchev–Trinajstić information content (AvgIpc) is 2.59. The zero-order valence-corrected chi connectivity index (χ0v) is 13.2. The molecule has 3 rings (SSSR count). The van der Waals surface area contributed by atoms with E-state index >= 15 is 0 Å². The van der Waals surface area contributed by atoms with Crippen LogP contribution in [0.5, 0.6) is 0 Å². The van der Waals surface area contributed by atoms with Crippen LogP contribution in [0.3, 0.4) is 0 Å². The smallest absolute Gasteiger partial charge is 0.250 e. The Bertz CT molecular complexity index is 520. The number of nitrogens with zero attached hydrogens (tertiary/aromatic N) is 1. The lowest BCUT2D eigenvalue weighted by molar-refractivity contribution is -0.138. The molecule has 5 heteroatoms. The second-order valence-electron chi connectivity index (χ2n) is 5.95. The van der Waals surface area contributed by atoms with Gasteiger partial charge in [0.05, 0.1) is 6.61 Å². The van der Waals surface area contributed by atoms with E-state index in [0.717, 1.165) is 26.1 Å². The van der Waals surface area contributed by atoms with Crippen LogP contribution in [-0.2, 0) is 16.0 Å². The van der Waals surface area contributed by atoms with Crippen LogP contribution in [0.25, 0.3) is 0 Å². The van der Waals surface area contributed by atoms with Gasteiger partial charge in [0.25, 0.3) is 5.91 Å². The predicted octanol–water partition coefficient (Wildman–Crippen LogP) is 0.710. The third kappa shape index (κ3) is 3.48. The maximum absolute atomic E-state index is 12.3. The fourth-order valence-electron chi connectivity index (χ4n) is 3.24. The minimum Gasteiger partial charge on any atom is -0.366 e. The molecule has 0 aliphatic carbocycles. The van der Waals surface area contributed by atoms with Crippen LogP contribution in [0, 0.1) is 0 Å². The Morgan fingerprint density at radius 2 is 2.32 bits per heavy atom. The Balaban J connectivity index is 1.55. The molecule has 2 N–H and O–H groups in total. The first-order valence-corrected chi connectivity index (χ1v) is 8.20. The topological polar surface area (TPSA) is 53.6 Å². The van der Waals surface area contributed by atoms with Crippen molar-refractivity contribution in [1.29, 1.82) is 0 Å². The quantitative estimate of drug-likeness (QED) is 0.860. The van der Waals surface area contributed by atoms with Gasteiger partial charge in [-0.05, 0) is 30.6 Å². The highest BCUT2D eigenvalue weighted by molar-refractivity contribution is 5.81. The van der Waals surface area contributed by atoms with Gasteiger partial charge in [0.15, 0.2) is 0 Å². The molecule has 2 unspecified atom stereocenters. The van der Waals surface area contributed by atoms with E-state index in [9.17, 15) is 4.79 Å². The standard InChI is InChI=1S/C17H25N3O2/c1-2-20-9-10-22-16(12-20)17(21)19-11-15-14-6-4-3-5-13(14)7-8-18-15/h3-6,15-16,18H,2,7-12H2,1H3,(H,19,21). The van der Waals surface area contributed by atoms with E-state index in [2.05, 4.69) is 46.7 Å². The summed E-state index contributed by atoms with van der Waals surface area (Å²) in [6.45, 7) is 6.89. The fraction of sp³-hybridized carbons (Fsp3) is 0.588. The second kappa shape index (κ2) is 7.22. The number of morpholine rings is 1. The lowest BCUT2D eigenvalue weighted by Crippen LogP contribution is -2.51. The van der Waals surface area contributed by atoms with Crippen molar-refractivity contribution < 1.29 is 9.53 Å². The molecule has 120 valence electrons. The van der Waals surface area contributed by atoms with Gasteiger partial charge in [-0.2, -0.15) is 0 Å². The molecular formula is C17H25N3O2. The summed E-state index contributed by atoms with van der Waals surface area (Å²) in [5.74, 6) is 0.00278. The van der Waals surface area contributed by atoms with Crippen LogP contribution >= 0.6 is 0 Å². The number of likely N-dealkylation sites (N-methyl/N-ethyl adjacent to an activating group) is 1. The monoisotopic (exact) mass is 303 g/mol. The number of benzene rings is 1. The molecule has 2 aliphatic rings. The van der Waals surface area contributed by atoms with E-state index in [1.807, 2.05) is 0 Å². The summed E-state index contributed by atoms with van der Waals surface area (Å²) in [5.41, 5.74) is 2.68. The Hall–Kier alpha value is -1.43. The van der Waals surface area contributed by atoms with Crippen molar-refractivity contribution in [2.75, 3.05) is 39.3 Å². The third-order valence-corrected chi connectivity index (χ3v) is 4.59. The van der Waals surface area contributed by atoms with Gasteiger partial charge >= 0.3 is 0 Å². The average molecular weight is 303 g/mol. The normalized spacial score (nSPS) is 25.5. The molecule has 0 aromatic heterocycles. The fourth-order valence-corrected chi connectivity index (χ4v) is 3.24. The molecule has 0 spiro atoms. The molecule has 0 radical (unpaired) electrons. The molecule has 1 saturated heterocycles. The van der Waals surface area contributed by atoms with Gasteiger partial charge in [-0.15, -0.1) is 0 Å². The number of fused-ring (bicyclic) bond motifs is 1. The van der Waals surface area contributed by atoms with E-state index in [1.54, 1.807) is 0 Å².